The third-order valence-electron chi connectivity index (χ3n) is 2.77. The summed E-state index contributed by atoms with van der Waals surface area (Å²) in [5, 5.41) is 4.16. The summed E-state index contributed by atoms with van der Waals surface area (Å²) in [6.45, 7) is 0. The minimum atomic E-state index is -0.305. The molecule has 2 aromatic carbocycles. The first-order valence-electron chi connectivity index (χ1n) is 5.26. The Morgan fingerprint density at radius 3 is 2.38 bits per heavy atom. The molecule has 2 heteroatoms. The zero-order valence-electron chi connectivity index (χ0n) is 8.80. The van der Waals surface area contributed by atoms with Gasteiger partial charge in [-0.15, -0.1) is 0 Å². The molecule has 0 aliphatic heterocycles. The number of rotatable bonds is 1. The Bertz CT molecular complexity index is 623. The molecule has 0 saturated heterocycles. The fourth-order valence-electron chi connectivity index (χ4n) is 1.94. The third-order valence-corrected chi connectivity index (χ3v) is 5.00. The number of nitrogens with two attached hydrogens (primary N) is 1. The third kappa shape index (κ3) is 1.50. The van der Waals surface area contributed by atoms with E-state index in [0.29, 0.717) is 0 Å². The topological polar surface area (TPSA) is 26.0 Å². The second-order valence-electron chi connectivity index (χ2n) is 3.84. The molecule has 16 heavy (non-hydrogen) atoms. The number of hydrogen-bond donors (Lipinski definition) is 1. The van der Waals surface area contributed by atoms with Gasteiger partial charge in [-0.3, -0.25) is 0 Å². The van der Waals surface area contributed by atoms with Crippen LogP contribution in [0.4, 0.5) is 5.69 Å². The summed E-state index contributed by atoms with van der Waals surface area (Å²) < 4.78 is 0. The summed E-state index contributed by atoms with van der Waals surface area (Å²) in [7, 11) is -0.305. The van der Waals surface area contributed by atoms with Crippen LogP contribution < -0.4 is 5.73 Å². The maximum Gasteiger partial charge on any atom is 0.0314 e. The molecule has 1 aromatic heterocycles. The zero-order valence-corrected chi connectivity index (χ0v) is 9.69. The summed E-state index contributed by atoms with van der Waals surface area (Å²) in [6.07, 6.45) is 0. The SMILES string of the molecule is Nc1ccc(-p2ccc3ccccc32)cc1. The van der Waals surface area contributed by atoms with Crippen LogP contribution in [0.5, 0.6) is 0 Å². The van der Waals surface area contributed by atoms with Crippen LogP contribution in [-0.4, -0.2) is 0 Å². The van der Waals surface area contributed by atoms with Crippen molar-refractivity contribution in [2.24, 2.45) is 0 Å². The molecule has 3 aromatic rings. The number of fused-ring (bicyclic) bond motifs is 1. The maximum absolute atomic E-state index is 5.71. The van der Waals surface area contributed by atoms with Crippen LogP contribution in [0, 0.1) is 0 Å². The molecule has 0 fully saturated rings. The van der Waals surface area contributed by atoms with E-state index in [1.54, 1.807) is 0 Å². The van der Waals surface area contributed by atoms with Crippen molar-refractivity contribution in [2.45, 2.75) is 0 Å². The van der Waals surface area contributed by atoms with Gasteiger partial charge in [0.1, 0.15) is 0 Å². The number of anilines is 1. The molecule has 0 bridgehead atoms. The highest BCUT2D eigenvalue weighted by atomic mass is 31.1. The van der Waals surface area contributed by atoms with Crippen LogP contribution in [0.15, 0.2) is 60.4 Å². The van der Waals surface area contributed by atoms with Crippen LogP contribution in [0.3, 0.4) is 0 Å². The lowest BCUT2D eigenvalue weighted by Gasteiger charge is -2.01. The van der Waals surface area contributed by atoms with Gasteiger partial charge in [-0.25, -0.2) is 0 Å². The molecule has 1 heterocycles. The van der Waals surface area contributed by atoms with Crippen molar-refractivity contribution in [3.63, 3.8) is 0 Å². The van der Waals surface area contributed by atoms with Crippen molar-refractivity contribution < 1.29 is 0 Å². The number of benzene rings is 2. The molecule has 1 unspecified atom stereocenters. The molecular formula is C14H12NP. The lowest BCUT2D eigenvalue weighted by Crippen LogP contribution is -1.81. The average Bonchev–Trinajstić information content (AvgIpc) is 2.74. The minimum Gasteiger partial charge on any atom is -0.399 e. The average molecular weight is 225 g/mol. The molecule has 0 spiro atoms. The van der Waals surface area contributed by atoms with Gasteiger partial charge in [0.25, 0.3) is 0 Å². The summed E-state index contributed by atoms with van der Waals surface area (Å²) in [5.74, 6) is 2.31. The van der Waals surface area contributed by atoms with Gasteiger partial charge < -0.3 is 5.73 Å². The molecule has 1 atom stereocenters. The monoisotopic (exact) mass is 225 g/mol. The molecule has 0 saturated carbocycles. The maximum atomic E-state index is 5.71. The highest BCUT2D eigenvalue weighted by Crippen LogP contribution is 2.47. The van der Waals surface area contributed by atoms with Gasteiger partial charge in [0.15, 0.2) is 0 Å². The van der Waals surface area contributed by atoms with Crippen LogP contribution >= 0.6 is 7.53 Å². The molecule has 78 valence electrons. The van der Waals surface area contributed by atoms with E-state index in [1.165, 1.54) is 15.8 Å². The summed E-state index contributed by atoms with van der Waals surface area (Å²) >= 11 is 0. The van der Waals surface area contributed by atoms with Crippen molar-refractivity contribution in [3.05, 3.63) is 60.4 Å². The van der Waals surface area contributed by atoms with Crippen molar-refractivity contribution in [3.8, 4) is 5.30 Å². The molecule has 1 nitrogen and oxygen atoms in total. The standard InChI is InChI=1S/C14H12NP/c15-12-5-7-13(8-6-12)16-10-9-11-3-1-2-4-14(11)16/h1-10H,15H2. The highest BCUT2D eigenvalue weighted by molar-refractivity contribution is 7.62. The van der Waals surface area contributed by atoms with Gasteiger partial charge in [-0.2, -0.15) is 0 Å². The minimum absolute atomic E-state index is 0.305. The van der Waals surface area contributed by atoms with E-state index in [9.17, 15) is 0 Å². The first kappa shape index (κ1) is 9.50. The quantitative estimate of drug-likeness (QED) is 0.610. The van der Waals surface area contributed by atoms with Gasteiger partial charge in [-0.05, 0) is 46.8 Å². The number of hydrogen-bond acceptors (Lipinski definition) is 1. The van der Waals surface area contributed by atoms with E-state index < -0.39 is 0 Å². The Labute approximate surface area is 95.6 Å². The zero-order chi connectivity index (χ0) is 11.0. The van der Waals surface area contributed by atoms with E-state index in [1.807, 2.05) is 12.1 Å². The van der Waals surface area contributed by atoms with Gasteiger partial charge in [-0.1, -0.05) is 31.8 Å². The normalized spacial score (nSPS) is 11.9. The Morgan fingerprint density at radius 2 is 1.56 bits per heavy atom. The first-order valence-corrected chi connectivity index (χ1v) is 6.68. The molecule has 2 N–H and O–H groups in total. The van der Waals surface area contributed by atoms with Gasteiger partial charge in [0.05, 0.1) is 0 Å². The van der Waals surface area contributed by atoms with E-state index in [2.05, 4.69) is 48.3 Å². The highest BCUT2D eigenvalue weighted by Gasteiger charge is 2.03. The molecular weight excluding hydrogens is 213 g/mol. The lowest BCUT2D eigenvalue weighted by atomic mass is 10.3. The van der Waals surface area contributed by atoms with E-state index >= 15 is 0 Å². The molecule has 3 rings (SSSR count). The lowest BCUT2D eigenvalue weighted by molar-refractivity contribution is 1.72. The van der Waals surface area contributed by atoms with Gasteiger partial charge >= 0.3 is 0 Å². The Kier molecular flexibility index (Phi) is 2.19. The van der Waals surface area contributed by atoms with Crippen LogP contribution in [0.1, 0.15) is 0 Å². The van der Waals surface area contributed by atoms with Crippen LogP contribution in [0.2, 0.25) is 0 Å². The molecule has 0 amide bonds. The molecule has 0 radical (unpaired) electrons. The Morgan fingerprint density at radius 1 is 0.812 bits per heavy atom. The van der Waals surface area contributed by atoms with E-state index in [4.69, 9.17) is 5.73 Å². The second kappa shape index (κ2) is 3.70. The van der Waals surface area contributed by atoms with Crippen molar-refractivity contribution in [1.82, 2.24) is 0 Å². The Balaban J connectivity index is 2.22. The largest absolute Gasteiger partial charge is 0.399 e. The van der Waals surface area contributed by atoms with Gasteiger partial charge in [0.2, 0.25) is 0 Å². The predicted octanol–water partition coefficient (Wildman–Crippen LogP) is 4.40. The number of nitrogen functional groups attached to an aromatic ring is 1. The first-order chi connectivity index (χ1) is 7.84. The fraction of sp³-hybridized carbons (Fsp3) is 0. The summed E-state index contributed by atoms with van der Waals surface area (Å²) in [4.78, 5) is 0. The summed E-state index contributed by atoms with van der Waals surface area (Å²) in [6, 6.07) is 19.0. The Hall–Kier alpha value is -1.72. The van der Waals surface area contributed by atoms with Crippen molar-refractivity contribution >= 4 is 23.7 Å². The van der Waals surface area contributed by atoms with Crippen LogP contribution in [-0.2, 0) is 0 Å². The summed E-state index contributed by atoms with van der Waals surface area (Å²) in [5.41, 5.74) is 6.54. The molecule has 0 aliphatic carbocycles. The molecule has 0 aliphatic rings. The second-order valence-corrected chi connectivity index (χ2v) is 5.87. The van der Waals surface area contributed by atoms with E-state index in [0.717, 1.165) is 5.69 Å². The fourth-order valence-corrected chi connectivity index (χ4v) is 4.01. The van der Waals surface area contributed by atoms with Crippen molar-refractivity contribution in [1.29, 1.82) is 0 Å². The van der Waals surface area contributed by atoms with Crippen LogP contribution in [0.25, 0.3) is 15.8 Å². The van der Waals surface area contributed by atoms with Crippen molar-refractivity contribution in [2.75, 3.05) is 5.73 Å². The van der Waals surface area contributed by atoms with Gasteiger partial charge in [0, 0.05) is 10.8 Å². The predicted molar refractivity (Wildman–Crippen MR) is 72.4 cm³/mol. The smallest absolute Gasteiger partial charge is 0.0314 e. The van der Waals surface area contributed by atoms with E-state index in [-0.39, 0.29) is 7.53 Å².